The first-order chi connectivity index (χ1) is 16.4. The minimum Gasteiger partial charge on any atom is -0.374 e. The summed E-state index contributed by atoms with van der Waals surface area (Å²) < 4.78 is 0. The van der Waals surface area contributed by atoms with E-state index in [-0.39, 0.29) is 0 Å². The summed E-state index contributed by atoms with van der Waals surface area (Å²) in [5.41, 5.74) is 4.51. The number of aliphatic hydroxyl groups is 1. The molecule has 1 saturated heterocycles. The van der Waals surface area contributed by atoms with Crippen molar-refractivity contribution in [2.24, 2.45) is 47.3 Å². The van der Waals surface area contributed by atoms with Gasteiger partial charge in [-0.15, -0.1) is 0 Å². The second-order valence-corrected chi connectivity index (χ2v) is 12.2. The SMILES string of the molecule is CCCCC1=CCC(C)C(NC2NCC(C3C=C(C)CC(C4C(C)C=CNC4O)C3)C3CC23)=C1. The van der Waals surface area contributed by atoms with Crippen LogP contribution in [0.2, 0.25) is 0 Å². The van der Waals surface area contributed by atoms with Crippen LogP contribution in [-0.2, 0) is 0 Å². The van der Waals surface area contributed by atoms with Crippen LogP contribution in [0.4, 0.5) is 0 Å². The summed E-state index contributed by atoms with van der Waals surface area (Å²) >= 11 is 0. The average molecular weight is 466 g/mol. The summed E-state index contributed by atoms with van der Waals surface area (Å²) in [6.45, 7) is 10.3. The molecule has 0 radical (unpaired) electrons. The zero-order valence-electron chi connectivity index (χ0n) is 21.8. The molecule has 188 valence electrons. The number of allylic oxidation sites excluding steroid dienone is 7. The van der Waals surface area contributed by atoms with Crippen LogP contribution in [0.15, 0.2) is 47.3 Å². The van der Waals surface area contributed by atoms with Crippen LogP contribution in [0.5, 0.6) is 0 Å². The van der Waals surface area contributed by atoms with E-state index in [0.29, 0.717) is 35.8 Å². The first kappa shape index (κ1) is 24.2. The molecule has 34 heavy (non-hydrogen) atoms. The van der Waals surface area contributed by atoms with E-state index in [2.05, 4.69) is 67.9 Å². The van der Waals surface area contributed by atoms with Gasteiger partial charge in [0.1, 0.15) is 6.23 Å². The molecule has 10 unspecified atom stereocenters. The zero-order valence-corrected chi connectivity index (χ0v) is 21.8. The zero-order chi connectivity index (χ0) is 23.8. The third-order valence-corrected chi connectivity index (χ3v) is 9.58. The number of fused-ring (bicyclic) bond motifs is 1. The third kappa shape index (κ3) is 5.04. The maximum Gasteiger partial charge on any atom is 0.127 e. The van der Waals surface area contributed by atoms with Crippen LogP contribution < -0.4 is 16.0 Å². The van der Waals surface area contributed by atoms with Gasteiger partial charge in [-0.3, -0.25) is 5.32 Å². The van der Waals surface area contributed by atoms with Crippen molar-refractivity contribution in [1.29, 1.82) is 0 Å². The summed E-state index contributed by atoms with van der Waals surface area (Å²) in [4.78, 5) is 0. The summed E-state index contributed by atoms with van der Waals surface area (Å²) in [5, 5.41) is 21.8. The number of aliphatic hydroxyl groups excluding tert-OH is 1. The van der Waals surface area contributed by atoms with Crippen molar-refractivity contribution in [2.75, 3.05) is 6.54 Å². The Labute approximate surface area is 207 Å². The number of hydrogen-bond acceptors (Lipinski definition) is 4. The average Bonchev–Trinajstić information content (AvgIpc) is 3.60. The molecule has 4 N–H and O–H groups in total. The molecule has 2 aliphatic heterocycles. The van der Waals surface area contributed by atoms with Gasteiger partial charge in [0.05, 0.1) is 6.17 Å². The lowest BCUT2D eigenvalue weighted by molar-refractivity contribution is 0.0152. The van der Waals surface area contributed by atoms with Crippen molar-refractivity contribution in [1.82, 2.24) is 16.0 Å². The highest BCUT2D eigenvalue weighted by Gasteiger charge is 2.53. The topological polar surface area (TPSA) is 56.3 Å². The second-order valence-electron chi connectivity index (χ2n) is 12.2. The van der Waals surface area contributed by atoms with E-state index in [9.17, 15) is 5.11 Å². The molecule has 5 rings (SSSR count). The van der Waals surface area contributed by atoms with E-state index < -0.39 is 6.23 Å². The van der Waals surface area contributed by atoms with Gasteiger partial charge in [0.15, 0.2) is 0 Å². The van der Waals surface area contributed by atoms with Crippen LogP contribution in [0.25, 0.3) is 0 Å². The third-order valence-electron chi connectivity index (χ3n) is 9.58. The van der Waals surface area contributed by atoms with Crippen molar-refractivity contribution in [3.63, 3.8) is 0 Å². The highest BCUT2D eigenvalue weighted by Crippen LogP contribution is 2.54. The molecule has 0 amide bonds. The van der Waals surface area contributed by atoms with Gasteiger partial charge in [0, 0.05) is 18.2 Å². The monoisotopic (exact) mass is 465 g/mol. The summed E-state index contributed by atoms with van der Waals surface area (Å²) in [7, 11) is 0. The number of nitrogens with one attached hydrogen (secondary N) is 3. The smallest absolute Gasteiger partial charge is 0.127 e. The number of rotatable bonds is 7. The lowest BCUT2D eigenvalue weighted by Gasteiger charge is -2.43. The second kappa shape index (κ2) is 10.2. The predicted molar refractivity (Wildman–Crippen MR) is 140 cm³/mol. The first-order valence-electron chi connectivity index (χ1n) is 14.1. The molecule has 0 aromatic carbocycles. The minimum absolute atomic E-state index is 0.312. The molecule has 0 aromatic rings. The van der Waals surface area contributed by atoms with Crippen LogP contribution in [-0.4, -0.2) is 24.0 Å². The van der Waals surface area contributed by atoms with Crippen LogP contribution in [0.3, 0.4) is 0 Å². The van der Waals surface area contributed by atoms with E-state index in [4.69, 9.17) is 0 Å². The fourth-order valence-corrected chi connectivity index (χ4v) is 7.54. The fourth-order valence-electron chi connectivity index (χ4n) is 7.54. The lowest BCUT2D eigenvalue weighted by Crippen LogP contribution is -2.52. The molecule has 0 aromatic heterocycles. The van der Waals surface area contributed by atoms with Gasteiger partial charge >= 0.3 is 0 Å². The van der Waals surface area contributed by atoms with Crippen LogP contribution >= 0.6 is 0 Å². The Morgan fingerprint density at radius 2 is 2.00 bits per heavy atom. The molecule has 0 bridgehead atoms. The predicted octanol–water partition coefficient (Wildman–Crippen LogP) is 5.46. The Bertz CT molecular complexity index is 857. The highest BCUT2D eigenvalue weighted by molar-refractivity contribution is 5.29. The minimum atomic E-state index is -0.412. The van der Waals surface area contributed by atoms with Gasteiger partial charge in [0.25, 0.3) is 0 Å². The van der Waals surface area contributed by atoms with Crippen molar-refractivity contribution in [3.05, 3.63) is 47.3 Å². The number of unbranched alkanes of at least 4 members (excludes halogenated alkanes) is 1. The van der Waals surface area contributed by atoms with Crippen molar-refractivity contribution in [2.45, 2.75) is 85.0 Å². The number of piperidine rings is 1. The molecule has 2 fully saturated rings. The van der Waals surface area contributed by atoms with Gasteiger partial charge in [-0.1, -0.05) is 56.6 Å². The Morgan fingerprint density at radius 3 is 2.79 bits per heavy atom. The van der Waals surface area contributed by atoms with E-state index in [1.807, 2.05) is 6.20 Å². The van der Waals surface area contributed by atoms with Gasteiger partial charge in [-0.05, 0) is 99.1 Å². The van der Waals surface area contributed by atoms with Crippen molar-refractivity contribution >= 4 is 0 Å². The number of hydrogen-bond donors (Lipinski definition) is 4. The van der Waals surface area contributed by atoms with Gasteiger partial charge in [-0.2, -0.15) is 0 Å². The molecular formula is C30H47N3O. The Balaban J connectivity index is 1.21. The fraction of sp³-hybridized carbons (Fsp3) is 0.733. The molecule has 1 saturated carbocycles. The standard InChI is InChI=1S/C30H47N3O/c1-5-6-7-21-9-8-19(3)27(14-21)33-29-25-16-24(25)26(17-32-29)22-12-18(2)13-23(15-22)28-20(4)10-11-31-30(28)34/h9-12,14,19-20,22-26,28-34H,5-8,13,15-17H2,1-4H3. The van der Waals surface area contributed by atoms with E-state index in [1.165, 1.54) is 55.4 Å². The maximum absolute atomic E-state index is 10.7. The molecule has 4 heteroatoms. The summed E-state index contributed by atoms with van der Waals surface area (Å²) in [5.74, 6) is 4.88. The van der Waals surface area contributed by atoms with E-state index in [1.54, 1.807) is 0 Å². The van der Waals surface area contributed by atoms with Crippen LogP contribution in [0.1, 0.15) is 72.6 Å². The molecule has 5 aliphatic rings. The first-order valence-corrected chi connectivity index (χ1v) is 14.1. The van der Waals surface area contributed by atoms with Crippen molar-refractivity contribution < 1.29 is 5.11 Å². The lowest BCUT2D eigenvalue weighted by atomic mass is 9.67. The van der Waals surface area contributed by atoms with Crippen molar-refractivity contribution in [3.8, 4) is 0 Å². The van der Waals surface area contributed by atoms with Gasteiger partial charge in [0.2, 0.25) is 0 Å². The van der Waals surface area contributed by atoms with Gasteiger partial charge < -0.3 is 15.7 Å². The molecule has 0 spiro atoms. The van der Waals surface area contributed by atoms with Gasteiger partial charge in [-0.25, -0.2) is 0 Å². The quantitative estimate of drug-likeness (QED) is 0.377. The maximum atomic E-state index is 10.7. The molecule has 3 aliphatic carbocycles. The van der Waals surface area contributed by atoms with Crippen LogP contribution in [0, 0.1) is 47.3 Å². The van der Waals surface area contributed by atoms with E-state index >= 15 is 0 Å². The largest absolute Gasteiger partial charge is 0.374 e. The Morgan fingerprint density at radius 1 is 1.15 bits per heavy atom. The van der Waals surface area contributed by atoms with E-state index in [0.717, 1.165) is 30.7 Å². The normalized spacial score (nSPS) is 43.7. The Kier molecular flexibility index (Phi) is 7.27. The Hall–Kier alpha value is -1.52. The summed E-state index contributed by atoms with van der Waals surface area (Å²) in [6, 6.07) is 0. The highest BCUT2D eigenvalue weighted by atomic mass is 16.3. The molecule has 2 heterocycles. The molecule has 4 nitrogen and oxygen atoms in total. The molecular weight excluding hydrogens is 418 g/mol. The molecule has 10 atom stereocenters. The summed E-state index contributed by atoms with van der Waals surface area (Å²) in [6.07, 6.45) is 20.3.